The van der Waals surface area contributed by atoms with Crippen LogP contribution in [0.2, 0.25) is 0 Å². The van der Waals surface area contributed by atoms with E-state index in [1.54, 1.807) is 7.11 Å². The van der Waals surface area contributed by atoms with Crippen molar-refractivity contribution in [3.05, 3.63) is 58.7 Å². The summed E-state index contributed by atoms with van der Waals surface area (Å²) in [6.07, 6.45) is 0. The minimum atomic E-state index is -0.117. The highest BCUT2D eigenvalue weighted by atomic mass is 16.5. The van der Waals surface area contributed by atoms with Crippen molar-refractivity contribution in [2.45, 2.75) is 20.0 Å². The molecule has 2 aromatic rings. The summed E-state index contributed by atoms with van der Waals surface area (Å²) in [6, 6.07) is 11.5. The molecule has 0 aliphatic carbocycles. The fraction of sp³-hybridized carbons (Fsp3) is 0.235. The molecule has 4 nitrogen and oxygen atoms in total. The van der Waals surface area contributed by atoms with Crippen LogP contribution in [-0.2, 0) is 13.1 Å². The summed E-state index contributed by atoms with van der Waals surface area (Å²) in [4.78, 5) is 12.4. The third-order valence-electron chi connectivity index (χ3n) is 3.70. The zero-order chi connectivity index (χ0) is 14.8. The number of aryl methyl sites for hydroxylation is 1. The van der Waals surface area contributed by atoms with Crippen LogP contribution in [0.5, 0.6) is 5.75 Å². The minimum Gasteiger partial charge on any atom is -0.495 e. The average molecular weight is 282 g/mol. The maximum absolute atomic E-state index is 12.4. The lowest BCUT2D eigenvalue weighted by atomic mass is 10.1. The van der Waals surface area contributed by atoms with Gasteiger partial charge in [0, 0.05) is 18.7 Å². The number of anilines is 1. The number of hydrogen-bond donors (Lipinski definition) is 2. The fourth-order valence-electron chi connectivity index (χ4n) is 2.55. The summed E-state index contributed by atoms with van der Waals surface area (Å²) in [6.45, 7) is 3.68. The number of fused-ring (bicyclic) bond motifs is 1. The standard InChI is InChI=1S/C17H18N2O2/c1-11-3-6-16(21-2)15(7-11)19-17(20)12-4-5-13-9-18-10-14(13)8-12/h3-8,18H,9-10H2,1-2H3,(H,19,20). The van der Waals surface area contributed by atoms with E-state index in [-0.39, 0.29) is 5.91 Å². The molecule has 0 atom stereocenters. The average Bonchev–Trinajstić information content (AvgIpc) is 2.94. The quantitative estimate of drug-likeness (QED) is 0.910. The molecule has 2 aromatic carbocycles. The molecular formula is C17H18N2O2. The van der Waals surface area contributed by atoms with Crippen LogP contribution in [0.25, 0.3) is 0 Å². The number of nitrogens with one attached hydrogen (secondary N) is 2. The maximum atomic E-state index is 12.4. The van der Waals surface area contributed by atoms with Crippen LogP contribution in [0.3, 0.4) is 0 Å². The van der Waals surface area contributed by atoms with Crippen LogP contribution in [-0.4, -0.2) is 13.0 Å². The molecule has 3 rings (SSSR count). The van der Waals surface area contributed by atoms with Crippen molar-refractivity contribution in [3.8, 4) is 5.75 Å². The first-order chi connectivity index (χ1) is 10.2. The van der Waals surface area contributed by atoms with Crippen molar-refractivity contribution in [2.75, 3.05) is 12.4 Å². The molecule has 1 heterocycles. The maximum Gasteiger partial charge on any atom is 0.255 e. The number of hydrogen-bond acceptors (Lipinski definition) is 3. The first kappa shape index (κ1) is 13.6. The molecule has 0 fully saturated rings. The van der Waals surface area contributed by atoms with Gasteiger partial charge in [-0.2, -0.15) is 0 Å². The Morgan fingerprint density at radius 3 is 2.76 bits per heavy atom. The predicted octanol–water partition coefficient (Wildman–Crippen LogP) is 2.86. The number of amides is 1. The number of carbonyl (C=O) groups excluding carboxylic acids is 1. The van der Waals surface area contributed by atoms with E-state index in [1.807, 2.05) is 43.3 Å². The molecule has 21 heavy (non-hydrogen) atoms. The largest absolute Gasteiger partial charge is 0.495 e. The normalized spacial score (nSPS) is 12.9. The van der Waals surface area contributed by atoms with Gasteiger partial charge in [-0.1, -0.05) is 12.1 Å². The molecule has 1 aliphatic heterocycles. The van der Waals surface area contributed by atoms with E-state index >= 15 is 0 Å². The van der Waals surface area contributed by atoms with Crippen LogP contribution in [0.1, 0.15) is 27.0 Å². The van der Waals surface area contributed by atoms with Crippen molar-refractivity contribution in [1.29, 1.82) is 0 Å². The van der Waals surface area contributed by atoms with Crippen molar-refractivity contribution in [2.24, 2.45) is 0 Å². The lowest BCUT2D eigenvalue weighted by molar-refractivity contribution is 0.102. The molecule has 0 saturated heterocycles. The van der Waals surface area contributed by atoms with Crippen LogP contribution in [0.4, 0.5) is 5.69 Å². The Labute approximate surface area is 124 Å². The molecule has 0 bridgehead atoms. The number of methoxy groups -OCH3 is 1. The highest BCUT2D eigenvalue weighted by Gasteiger charge is 2.14. The third kappa shape index (κ3) is 2.76. The first-order valence-corrected chi connectivity index (χ1v) is 6.96. The van der Waals surface area contributed by atoms with Crippen molar-refractivity contribution in [1.82, 2.24) is 5.32 Å². The Balaban J connectivity index is 1.85. The van der Waals surface area contributed by atoms with E-state index in [2.05, 4.69) is 10.6 Å². The number of benzene rings is 2. The molecule has 0 unspecified atom stereocenters. The predicted molar refractivity (Wildman–Crippen MR) is 82.7 cm³/mol. The lowest BCUT2D eigenvalue weighted by Gasteiger charge is -2.11. The summed E-state index contributed by atoms with van der Waals surface area (Å²) >= 11 is 0. The van der Waals surface area contributed by atoms with Crippen molar-refractivity contribution < 1.29 is 9.53 Å². The molecule has 0 saturated carbocycles. The molecule has 0 aromatic heterocycles. The van der Waals surface area contributed by atoms with Crippen molar-refractivity contribution >= 4 is 11.6 Å². The van der Waals surface area contributed by atoms with Gasteiger partial charge in [-0.3, -0.25) is 4.79 Å². The topological polar surface area (TPSA) is 50.4 Å². The Morgan fingerprint density at radius 1 is 1.14 bits per heavy atom. The summed E-state index contributed by atoms with van der Waals surface area (Å²) in [5.74, 6) is 0.547. The van der Waals surface area contributed by atoms with Crippen LogP contribution in [0.15, 0.2) is 36.4 Å². The molecule has 0 radical (unpaired) electrons. The van der Waals surface area contributed by atoms with E-state index in [4.69, 9.17) is 4.74 Å². The summed E-state index contributed by atoms with van der Waals surface area (Å²) < 4.78 is 5.29. The van der Waals surface area contributed by atoms with Gasteiger partial charge in [0.2, 0.25) is 0 Å². The SMILES string of the molecule is COc1ccc(C)cc1NC(=O)c1ccc2c(c1)CNC2. The van der Waals surface area contributed by atoms with Gasteiger partial charge in [-0.25, -0.2) is 0 Å². The Hall–Kier alpha value is -2.33. The van der Waals surface area contributed by atoms with Gasteiger partial charge in [0.05, 0.1) is 12.8 Å². The molecule has 2 N–H and O–H groups in total. The number of ether oxygens (including phenoxy) is 1. The summed E-state index contributed by atoms with van der Waals surface area (Å²) in [7, 11) is 1.60. The molecule has 0 spiro atoms. The Bertz CT molecular complexity index is 695. The van der Waals surface area contributed by atoms with Crippen molar-refractivity contribution in [3.63, 3.8) is 0 Å². The molecule has 4 heteroatoms. The number of rotatable bonds is 3. The van der Waals surface area contributed by atoms with E-state index in [9.17, 15) is 4.79 Å². The molecular weight excluding hydrogens is 264 g/mol. The third-order valence-corrected chi connectivity index (χ3v) is 3.70. The van der Waals surface area contributed by atoms with Crippen LogP contribution >= 0.6 is 0 Å². The second kappa shape index (κ2) is 5.58. The lowest BCUT2D eigenvalue weighted by Crippen LogP contribution is -2.13. The van der Waals surface area contributed by atoms with Crippen LogP contribution < -0.4 is 15.4 Å². The van der Waals surface area contributed by atoms with Gasteiger partial charge in [-0.05, 0) is 47.9 Å². The highest BCUT2D eigenvalue weighted by Crippen LogP contribution is 2.26. The molecule has 1 amide bonds. The fourth-order valence-corrected chi connectivity index (χ4v) is 2.55. The van der Waals surface area contributed by atoms with Gasteiger partial charge >= 0.3 is 0 Å². The zero-order valence-electron chi connectivity index (χ0n) is 12.2. The first-order valence-electron chi connectivity index (χ1n) is 6.96. The second-order valence-corrected chi connectivity index (χ2v) is 5.24. The summed E-state index contributed by atoms with van der Waals surface area (Å²) in [5, 5.41) is 6.20. The van der Waals surface area contributed by atoms with Gasteiger partial charge < -0.3 is 15.4 Å². The smallest absolute Gasteiger partial charge is 0.255 e. The zero-order valence-corrected chi connectivity index (χ0v) is 12.2. The molecule has 1 aliphatic rings. The van der Waals surface area contributed by atoms with E-state index in [0.717, 1.165) is 18.7 Å². The number of carbonyl (C=O) groups is 1. The van der Waals surface area contributed by atoms with Gasteiger partial charge in [-0.15, -0.1) is 0 Å². The van der Waals surface area contributed by atoms with Gasteiger partial charge in [0.1, 0.15) is 5.75 Å². The summed E-state index contributed by atoms with van der Waals surface area (Å²) in [5.41, 5.74) is 4.89. The van der Waals surface area contributed by atoms with Gasteiger partial charge in [0.15, 0.2) is 0 Å². The minimum absolute atomic E-state index is 0.117. The van der Waals surface area contributed by atoms with Crippen LogP contribution in [0, 0.1) is 6.92 Å². The van der Waals surface area contributed by atoms with E-state index in [0.29, 0.717) is 17.0 Å². The van der Waals surface area contributed by atoms with Gasteiger partial charge in [0.25, 0.3) is 5.91 Å². The monoisotopic (exact) mass is 282 g/mol. The van der Waals surface area contributed by atoms with E-state index < -0.39 is 0 Å². The molecule has 108 valence electrons. The van der Waals surface area contributed by atoms with E-state index in [1.165, 1.54) is 11.1 Å². The Morgan fingerprint density at radius 2 is 1.95 bits per heavy atom. The second-order valence-electron chi connectivity index (χ2n) is 5.24. The highest BCUT2D eigenvalue weighted by molar-refractivity contribution is 6.05. The Kier molecular flexibility index (Phi) is 3.62.